The Morgan fingerprint density at radius 3 is 1.21 bits per heavy atom. The molecule has 0 amide bonds. The molecule has 0 saturated carbocycles. The van der Waals surface area contributed by atoms with E-state index in [2.05, 4.69) is 271 Å². The smallest absolute Gasteiger partial charge is 0.813 e. The average molecular weight is 2070 g/mol. The molecule has 49 heteroatoms. The van der Waals surface area contributed by atoms with Gasteiger partial charge in [-0.1, -0.05) is 104 Å². The fourth-order valence-corrected chi connectivity index (χ4v) is 24.9. The van der Waals surface area contributed by atoms with Gasteiger partial charge in [0.25, 0.3) is 0 Å². The average Bonchev–Trinajstić information content (AvgIpc) is 1.59. The van der Waals surface area contributed by atoms with E-state index in [4.69, 9.17) is 36.7 Å². The number of thiophene rings is 3. The number of pyridine rings is 3. The molecule has 3 spiro atoms. The van der Waals surface area contributed by atoms with Gasteiger partial charge >= 0.3 is 29.6 Å². The van der Waals surface area contributed by atoms with E-state index in [0.717, 1.165) is 163 Å². The van der Waals surface area contributed by atoms with E-state index < -0.39 is 22.0 Å². The molecule has 3 aliphatic heterocycles. The molecule has 6 aliphatic rings. The van der Waals surface area contributed by atoms with Crippen LogP contribution in [0.4, 0.5) is 17.8 Å². The van der Waals surface area contributed by atoms with Gasteiger partial charge < -0.3 is 44.4 Å². The van der Waals surface area contributed by atoms with Gasteiger partial charge in [0.1, 0.15) is 0 Å². The zero-order valence-electron chi connectivity index (χ0n) is 74.2. The van der Waals surface area contributed by atoms with Crippen LogP contribution in [0.25, 0.3) is 47.6 Å². The Morgan fingerprint density at radius 1 is 0.449 bits per heavy atom. The third-order valence-corrected chi connectivity index (χ3v) is 33.5. The normalized spacial score (nSPS) is 17.9. The minimum absolute atomic E-state index is 0. The van der Waals surface area contributed by atoms with E-state index in [1.807, 2.05) is 119 Å². The molecule has 0 radical (unpaired) electrons. The van der Waals surface area contributed by atoms with Crippen molar-refractivity contribution in [3.8, 4) is 0 Å². The molecule has 15 aromatic rings. The van der Waals surface area contributed by atoms with Gasteiger partial charge in [-0.15, -0.1) is 52.6 Å². The third kappa shape index (κ3) is 23.0. The van der Waals surface area contributed by atoms with Gasteiger partial charge in [0.15, 0.2) is 11.3 Å². The number of nitrogens with zero attached hydrogens (tertiary/aromatic N) is 31. The van der Waals surface area contributed by atoms with Gasteiger partial charge in [-0.3, -0.25) is 33.7 Å². The molecule has 38 nitrogen and oxygen atoms in total. The monoisotopic (exact) mass is 2070 g/mol. The summed E-state index contributed by atoms with van der Waals surface area (Å²) in [5, 5.41) is 51.9. The molecule has 21 rings (SSSR count). The number of aromatic nitrogens is 12. The van der Waals surface area contributed by atoms with Crippen LogP contribution in [0.2, 0.25) is 0 Å². The molecule has 12 aromatic heterocycles. The van der Waals surface area contributed by atoms with Gasteiger partial charge in [-0.05, 0) is 307 Å². The number of anilines is 3. The number of thiol groups is 1. The number of nitrogens with two attached hydrogens (primary N) is 1. The molecule has 0 bridgehead atoms. The summed E-state index contributed by atoms with van der Waals surface area (Å²) in [6, 6.07) is 41.7. The van der Waals surface area contributed by atoms with Crippen LogP contribution in [0, 0.1) is 33.4 Å². The fourth-order valence-electron chi connectivity index (χ4n) is 17.8. The Kier molecular flexibility index (Phi) is 35.2. The zero-order valence-corrected chi connectivity index (χ0v) is 85.3. The summed E-state index contributed by atoms with van der Waals surface area (Å²) >= 11 is 12.0. The van der Waals surface area contributed by atoms with E-state index >= 15 is 0 Å². The topological polar surface area (TPSA) is 469 Å². The molecule has 6 N–H and O–H groups in total. The maximum absolute atomic E-state index is 13.2. The largest absolute Gasteiger partial charge is 1.00 e. The van der Waals surface area contributed by atoms with Gasteiger partial charge in [0.05, 0.1) is 84.0 Å². The molecular weight excluding hydrogens is 1980 g/mol. The van der Waals surface area contributed by atoms with Gasteiger partial charge in [0, 0.05) is 128 Å². The van der Waals surface area contributed by atoms with E-state index in [-0.39, 0.29) is 107 Å². The van der Waals surface area contributed by atoms with Crippen LogP contribution < -0.4 is 59.4 Å². The van der Waals surface area contributed by atoms with Gasteiger partial charge in [0.2, 0.25) is 17.8 Å². The molecule has 700 valence electrons. The summed E-state index contributed by atoms with van der Waals surface area (Å²) in [6.07, 6.45) is 32.0. The molecule has 3 aromatic carbocycles. The first kappa shape index (κ1) is 103. The molecular formula is C87H96BrClN36NaO2S8-. The summed E-state index contributed by atoms with van der Waals surface area (Å²) in [7, 11) is -2.25. The minimum atomic E-state index is -1.14. The number of fused-ring (bicyclic) bond motifs is 9. The molecule has 136 heavy (non-hydrogen) atoms. The van der Waals surface area contributed by atoms with Crippen molar-refractivity contribution >= 4 is 187 Å². The standard InChI is InChI=1S/C30H32N6OS3.C26H24N6S2.C23H28N5OS.C7H4BrNS.CH4.ClH.H2N18.Na.H2S/c1-29(2,3)40(37)34-26-21-7-5-4-6-20(21)18-30(26)10-14-35(15-11-30)28-33-19-24(27-32-13-16-36(27)28)39-23-8-12-31-22-9-17-38-25(22)23;27-23-18-4-2-1-3-17(18)15-26(23)7-11-31(12-8-26)25-30-16-21(24-29-10-13-32(24)25)34-20-5-9-28-19-6-14-33-22(19)20;1-22(2,3)30(29)26-20-18-7-5-4-6-17(18)16-23(20)9-13-27(14-10-23)21-25-11-8-19-24-12-15-28(19)21;8-5-1-3-9-6-2-4-10-7(5)6;;;1-3-5-7-9-11-13-15-17-18-16-14-12-10-8-6-4-2;;/h4-9,12-13,16-17,19,26,34H,10-11,14-15,18H2,1-3H3;1-6,9-10,13-14,16,23H,7-8,11-12,15,27H2;4-7,11-12,15,20,26H,9-10,13-14,16H2,1-3H3;1-4H;1H4;1H;1-2H;;1H2/q;;-1;;;;;+1;/p-1/b;;;;;;3-1?,4-2?,7-5+,8-6+,11-9+,12-10+,15-13+,16-14+,18-17+;;/t26-,40-;23-;20-,30-;;;;;;/m111....../s1. The Hall–Kier alpha value is -10.4. The van der Waals surface area contributed by atoms with Crippen LogP contribution in [0.5, 0.6) is 0 Å². The van der Waals surface area contributed by atoms with Crippen LogP contribution in [-0.4, -0.2) is 115 Å². The van der Waals surface area contributed by atoms with Crippen molar-refractivity contribution in [2.24, 2.45) is 106 Å². The molecule has 3 aliphatic carbocycles. The summed E-state index contributed by atoms with van der Waals surface area (Å²) < 4.78 is 43.8. The van der Waals surface area contributed by atoms with Gasteiger partial charge in [-0.2, -0.15) is 11.1 Å². The first-order chi connectivity index (χ1) is 64.2. The SMILES string of the molecule is Brc1ccnc2ccsc12.C.CC(C)(C)[S@@](=O)N[C@@H]1c2ccccc2CC12CCN(c1nc[c-]c3nccn13)CC2.CC(C)(C)[S@@](=O)N[C@@H]1c2ccccc2CC12CCN(c1ncc(Sc3ccnc4ccsc34)c3nccn13)CC2.Cl.N=N/N=N/N=N/N=N/N=N/N=N/N=N/N=N/N=N.N[C@@H]1c2ccccc2CC12CCN(c1ncc(Sc3ccnc4ccsc34)c3nccn13)CC2.[Na+].[SH-]. The number of imidazole rings is 3. The number of nitrogens with one attached hydrogen (secondary N) is 4. The summed E-state index contributed by atoms with van der Waals surface area (Å²) in [6.45, 7) is 17.7. The van der Waals surface area contributed by atoms with Crippen LogP contribution in [0.3, 0.4) is 0 Å². The van der Waals surface area contributed by atoms with Crippen molar-refractivity contribution in [2.75, 3.05) is 54.0 Å². The molecule has 15 heterocycles. The Morgan fingerprint density at radius 2 is 0.801 bits per heavy atom. The maximum Gasteiger partial charge on any atom is 1.00 e. The number of hydrogen-bond acceptors (Lipinski definition) is 23. The second-order valence-corrected chi connectivity index (χ2v) is 43.7. The predicted molar refractivity (Wildman–Crippen MR) is 536 cm³/mol. The number of halogens is 2. The third-order valence-electron chi connectivity index (χ3n) is 24.3. The van der Waals surface area contributed by atoms with Crippen molar-refractivity contribution in [1.29, 1.82) is 11.1 Å². The van der Waals surface area contributed by atoms with E-state index in [0.29, 0.717) is 0 Å². The second kappa shape index (κ2) is 46.4. The number of rotatable bonds is 19. The quantitative estimate of drug-likeness (QED) is 0.0125. The van der Waals surface area contributed by atoms with Crippen LogP contribution >= 0.6 is 85.9 Å². The number of benzene rings is 3. The minimum Gasteiger partial charge on any atom is -0.813 e. The Labute approximate surface area is 852 Å². The molecule has 5 atom stereocenters. The van der Waals surface area contributed by atoms with E-state index in [1.54, 1.807) is 76.1 Å². The Balaban J connectivity index is 0.000000150. The Bertz CT molecular complexity index is 6890. The van der Waals surface area contributed by atoms with Gasteiger partial charge in [-0.25, -0.2) is 37.8 Å². The van der Waals surface area contributed by atoms with Crippen LogP contribution in [-0.2, 0) is 54.7 Å². The number of hydrogen-bond donors (Lipinski definition) is 5. The van der Waals surface area contributed by atoms with Crippen molar-refractivity contribution in [1.82, 2.24) is 67.5 Å². The van der Waals surface area contributed by atoms with Crippen molar-refractivity contribution in [2.45, 2.75) is 154 Å². The molecule has 3 saturated heterocycles. The van der Waals surface area contributed by atoms with E-state index in [1.165, 1.54) is 57.3 Å². The van der Waals surface area contributed by atoms with E-state index in [9.17, 15) is 8.42 Å². The summed E-state index contributed by atoms with van der Waals surface area (Å²) in [5.41, 5.74) is 33.4. The second-order valence-electron chi connectivity index (χ2n) is 33.9. The van der Waals surface area contributed by atoms with Crippen molar-refractivity contribution in [3.05, 3.63) is 244 Å². The first-order valence-corrected chi connectivity index (χ1v) is 49.5. The first-order valence-electron chi connectivity index (χ1n) is 42.2. The number of piperidine rings is 3. The molecule has 3 fully saturated rings. The summed E-state index contributed by atoms with van der Waals surface area (Å²) in [4.78, 5) is 52.9. The fraction of sp³-hybridized carbons (Fsp3) is 0.345. The predicted octanol–water partition coefficient (Wildman–Crippen LogP) is 19.6. The zero-order chi connectivity index (χ0) is 91.4. The van der Waals surface area contributed by atoms with Crippen LogP contribution in [0.15, 0.2) is 307 Å². The summed E-state index contributed by atoms with van der Waals surface area (Å²) in [5.74, 6) is 2.82. The van der Waals surface area contributed by atoms with Crippen molar-refractivity contribution in [3.63, 3.8) is 0 Å². The van der Waals surface area contributed by atoms with Crippen LogP contribution in [0.1, 0.15) is 139 Å². The van der Waals surface area contributed by atoms with Crippen molar-refractivity contribution < 1.29 is 38.0 Å². The molecule has 0 unspecified atom stereocenters. The maximum atomic E-state index is 13.2.